The van der Waals surface area contributed by atoms with Crippen molar-refractivity contribution in [2.75, 3.05) is 23.4 Å². The van der Waals surface area contributed by atoms with E-state index in [4.69, 9.17) is 0 Å². The Morgan fingerprint density at radius 3 is 2.60 bits per heavy atom. The van der Waals surface area contributed by atoms with Crippen molar-refractivity contribution in [1.29, 1.82) is 0 Å². The van der Waals surface area contributed by atoms with Crippen molar-refractivity contribution in [3.8, 4) is 0 Å². The summed E-state index contributed by atoms with van der Waals surface area (Å²) in [7, 11) is 0. The van der Waals surface area contributed by atoms with Crippen molar-refractivity contribution >= 4 is 39.7 Å². The Balaban J connectivity index is 2.14. The Kier molecular flexibility index (Phi) is 5.95. The number of hydrogen-bond donors (Lipinski definition) is 1. The van der Waals surface area contributed by atoms with E-state index in [2.05, 4.69) is 20.4 Å². The SMILES string of the molecule is CCN(CC)c1ncc(/C=N/Nc2ccc([N+](=O)[O-])cc2[N+](=O)[O-])s1. The predicted octanol–water partition coefficient (Wildman–Crippen LogP) is 3.25. The summed E-state index contributed by atoms with van der Waals surface area (Å²) >= 11 is 1.44. The molecule has 0 unspecified atom stereocenters. The number of aromatic nitrogens is 1. The van der Waals surface area contributed by atoms with Crippen molar-refractivity contribution in [3.05, 3.63) is 49.5 Å². The highest BCUT2D eigenvalue weighted by Gasteiger charge is 2.19. The lowest BCUT2D eigenvalue weighted by Crippen LogP contribution is -2.21. The van der Waals surface area contributed by atoms with Gasteiger partial charge in [-0.25, -0.2) is 4.98 Å². The van der Waals surface area contributed by atoms with Crippen LogP contribution in [0.15, 0.2) is 29.5 Å². The molecule has 2 rings (SSSR count). The molecule has 11 heteroatoms. The van der Waals surface area contributed by atoms with Crippen LogP contribution in [0.25, 0.3) is 0 Å². The van der Waals surface area contributed by atoms with Gasteiger partial charge in [0.25, 0.3) is 5.69 Å². The molecule has 0 aliphatic rings. The van der Waals surface area contributed by atoms with Crippen LogP contribution in [0.1, 0.15) is 18.7 Å². The third kappa shape index (κ3) is 4.47. The predicted molar refractivity (Wildman–Crippen MR) is 96.6 cm³/mol. The van der Waals surface area contributed by atoms with E-state index in [0.717, 1.165) is 29.2 Å². The fourth-order valence-electron chi connectivity index (χ4n) is 2.02. The third-order valence-corrected chi connectivity index (χ3v) is 4.30. The number of hydrazone groups is 1. The van der Waals surface area contributed by atoms with Gasteiger partial charge in [0, 0.05) is 25.4 Å². The summed E-state index contributed by atoms with van der Waals surface area (Å²) in [6, 6.07) is 3.32. The van der Waals surface area contributed by atoms with Crippen LogP contribution in [-0.2, 0) is 0 Å². The summed E-state index contributed by atoms with van der Waals surface area (Å²) in [5.74, 6) is 0. The molecule has 1 aromatic carbocycles. The number of hydrogen-bond acceptors (Lipinski definition) is 9. The van der Waals surface area contributed by atoms with Gasteiger partial charge in [-0.2, -0.15) is 5.10 Å². The largest absolute Gasteiger partial charge is 0.349 e. The molecule has 0 aliphatic carbocycles. The zero-order chi connectivity index (χ0) is 18.4. The molecule has 0 radical (unpaired) electrons. The molecule has 2 aromatic rings. The molecule has 0 atom stereocenters. The number of nitrogens with zero attached hydrogens (tertiary/aromatic N) is 5. The molecule has 0 bridgehead atoms. The number of non-ortho nitro benzene ring substituents is 1. The molecule has 1 heterocycles. The second-order valence-corrected chi connectivity index (χ2v) is 5.84. The van der Waals surface area contributed by atoms with E-state index in [1.165, 1.54) is 29.7 Å². The van der Waals surface area contributed by atoms with Gasteiger partial charge in [-0.05, 0) is 19.9 Å². The zero-order valence-electron chi connectivity index (χ0n) is 13.6. The van der Waals surface area contributed by atoms with Gasteiger partial charge in [0.1, 0.15) is 5.69 Å². The average molecular weight is 364 g/mol. The standard InChI is InChI=1S/C14H16N6O4S/c1-3-18(4-2)14-15-8-11(25-14)9-16-17-12-6-5-10(19(21)22)7-13(12)20(23)24/h5-9,17H,3-4H2,1-2H3/b16-9+. The minimum atomic E-state index is -0.698. The van der Waals surface area contributed by atoms with E-state index in [9.17, 15) is 20.2 Å². The summed E-state index contributed by atoms with van der Waals surface area (Å²) in [5, 5.41) is 26.6. The van der Waals surface area contributed by atoms with E-state index >= 15 is 0 Å². The third-order valence-electron chi connectivity index (χ3n) is 3.31. The lowest BCUT2D eigenvalue weighted by Gasteiger charge is -2.16. The van der Waals surface area contributed by atoms with Gasteiger partial charge >= 0.3 is 5.69 Å². The second-order valence-electron chi connectivity index (χ2n) is 4.80. The van der Waals surface area contributed by atoms with Crippen LogP contribution in [0.3, 0.4) is 0 Å². The van der Waals surface area contributed by atoms with Crippen LogP contribution in [-0.4, -0.2) is 34.1 Å². The molecule has 0 amide bonds. The Labute approximate surface area is 147 Å². The number of nitrogens with one attached hydrogen (secondary N) is 1. The van der Waals surface area contributed by atoms with E-state index in [1.807, 2.05) is 13.8 Å². The van der Waals surface area contributed by atoms with Crippen LogP contribution in [0, 0.1) is 20.2 Å². The van der Waals surface area contributed by atoms with Gasteiger partial charge in [0.15, 0.2) is 5.13 Å². The molecule has 1 aromatic heterocycles. The van der Waals surface area contributed by atoms with E-state index in [1.54, 1.807) is 6.20 Å². The van der Waals surface area contributed by atoms with Gasteiger partial charge in [-0.1, -0.05) is 11.3 Å². The van der Waals surface area contributed by atoms with Crippen molar-refractivity contribution in [3.63, 3.8) is 0 Å². The van der Waals surface area contributed by atoms with Gasteiger partial charge in [0.2, 0.25) is 0 Å². The molecule has 0 fully saturated rings. The quantitative estimate of drug-likeness (QED) is 0.432. The summed E-state index contributed by atoms with van der Waals surface area (Å²) in [6.07, 6.45) is 3.16. The van der Waals surface area contributed by atoms with Gasteiger partial charge in [0.05, 0.1) is 27.0 Å². The van der Waals surface area contributed by atoms with Crippen LogP contribution in [0.4, 0.5) is 22.2 Å². The number of thiazole rings is 1. The fourth-order valence-corrected chi connectivity index (χ4v) is 2.94. The van der Waals surface area contributed by atoms with Crippen molar-refractivity contribution in [2.24, 2.45) is 5.10 Å². The Hall–Kier alpha value is -3.08. The summed E-state index contributed by atoms with van der Waals surface area (Å²) in [6.45, 7) is 5.75. The first-order chi connectivity index (χ1) is 12.0. The first kappa shape index (κ1) is 18.3. The van der Waals surface area contributed by atoms with Gasteiger partial charge in [-0.3, -0.25) is 25.7 Å². The molecule has 25 heavy (non-hydrogen) atoms. The number of rotatable bonds is 8. The highest BCUT2D eigenvalue weighted by molar-refractivity contribution is 7.17. The van der Waals surface area contributed by atoms with Crippen molar-refractivity contribution in [2.45, 2.75) is 13.8 Å². The normalized spacial score (nSPS) is 10.8. The Bertz CT molecular complexity index is 802. The molecule has 10 nitrogen and oxygen atoms in total. The molecular weight excluding hydrogens is 348 g/mol. The number of nitro groups is 2. The lowest BCUT2D eigenvalue weighted by atomic mass is 10.2. The minimum Gasteiger partial charge on any atom is -0.349 e. The topological polar surface area (TPSA) is 127 Å². The van der Waals surface area contributed by atoms with Crippen molar-refractivity contribution in [1.82, 2.24) is 4.98 Å². The molecule has 0 saturated carbocycles. The smallest absolute Gasteiger partial charge is 0.301 e. The Morgan fingerprint density at radius 2 is 2.00 bits per heavy atom. The fraction of sp³-hybridized carbons (Fsp3) is 0.286. The maximum absolute atomic E-state index is 11.1. The monoisotopic (exact) mass is 364 g/mol. The maximum Gasteiger partial charge on any atom is 0.301 e. The summed E-state index contributed by atoms with van der Waals surface area (Å²) in [5.41, 5.74) is 1.84. The van der Waals surface area contributed by atoms with Crippen LogP contribution < -0.4 is 10.3 Å². The van der Waals surface area contributed by atoms with E-state index in [-0.39, 0.29) is 11.4 Å². The second kappa shape index (κ2) is 8.15. The summed E-state index contributed by atoms with van der Waals surface area (Å²) in [4.78, 5) is 27.6. The molecule has 1 N–H and O–H groups in total. The van der Waals surface area contributed by atoms with Crippen LogP contribution in [0.5, 0.6) is 0 Å². The maximum atomic E-state index is 11.1. The zero-order valence-corrected chi connectivity index (χ0v) is 14.4. The lowest BCUT2D eigenvalue weighted by molar-refractivity contribution is -0.393. The summed E-state index contributed by atoms with van der Waals surface area (Å²) < 4.78 is 0. The van der Waals surface area contributed by atoms with E-state index in [0.29, 0.717) is 0 Å². The molecule has 0 aliphatic heterocycles. The van der Waals surface area contributed by atoms with Crippen LogP contribution >= 0.6 is 11.3 Å². The number of benzene rings is 1. The van der Waals surface area contributed by atoms with Crippen molar-refractivity contribution < 1.29 is 9.85 Å². The highest BCUT2D eigenvalue weighted by atomic mass is 32.1. The molecule has 0 spiro atoms. The molecular formula is C14H16N6O4S. The Morgan fingerprint density at radius 1 is 1.28 bits per heavy atom. The minimum absolute atomic E-state index is 0.0698. The van der Waals surface area contributed by atoms with Gasteiger partial charge < -0.3 is 4.90 Å². The first-order valence-corrected chi connectivity index (χ1v) is 8.20. The average Bonchev–Trinajstić information content (AvgIpc) is 3.04. The van der Waals surface area contributed by atoms with E-state index < -0.39 is 15.5 Å². The number of nitro benzene ring substituents is 2. The molecule has 0 saturated heterocycles. The van der Waals surface area contributed by atoms with Crippen LogP contribution in [0.2, 0.25) is 0 Å². The van der Waals surface area contributed by atoms with Gasteiger partial charge in [-0.15, -0.1) is 0 Å². The molecule has 132 valence electrons. The first-order valence-electron chi connectivity index (χ1n) is 7.39. The highest BCUT2D eigenvalue weighted by Crippen LogP contribution is 2.29. The number of anilines is 2.